The molecule has 1 heterocycles. The van der Waals surface area contributed by atoms with Gasteiger partial charge in [0.2, 0.25) is 0 Å². The Morgan fingerprint density at radius 2 is 1.52 bits per heavy atom. The van der Waals surface area contributed by atoms with Gasteiger partial charge >= 0.3 is 6.09 Å². The molecule has 0 radical (unpaired) electrons. The summed E-state index contributed by atoms with van der Waals surface area (Å²) in [5, 5.41) is -0.0397. The number of amides is 1. The van der Waals surface area contributed by atoms with Gasteiger partial charge in [0.1, 0.15) is 11.7 Å². The largest absolute Gasteiger partial charge is 0.444 e. The first-order valence-corrected chi connectivity index (χ1v) is 13.2. The molecule has 9 heteroatoms. The quantitative estimate of drug-likeness (QED) is 0.538. The number of hydrogen-bond donors (Lipinski definition) is 0. The van der Waals surface area contributed by atoms with Crippen molar-refractivity contribution in [2.45, 2.75) is 77.5 Å². The second kappa shape index (κ2) is 7.17. The van der Waals surface area contributed by atoms with Crippen molar-refractivity contribution in [1.29, 1.82) is 0 Å². The van der Waals surface area contributed by atoms with Crippen LogP contribution in [0.3, 0.4) is 0 Å². The first-order chi connectivity index (χ1) is 10.9. The van der Waals surface area contributed by atoms with E-state index in [9.17, 15) is 13.2 Å². The molecule has 1 aliphatic rings. The van der Waals surface area contributed by atoms with Gasteiger partial charge in [-0.25, -0.2) is 4.79 Å². The molecule has 1 aliphatic heterocycles. The number of likely N-dealkylation sites (tertiary alicyclic amines) is 1. The van der Waals surface area contributed by atoms with Gasteiger partial charge in [0.15, 0.2) is 8.32 Å². The van der Waals surface area contributed by atoms with E-state index >= 15 is 0 Å². The molecule has 0 saturated carbocycles. The number of carbonyl (C=O) groups excluding carboxylic acids is 1. The van der Waals surface area contributed by atoms with E-state index in [1.165, 1.54) is 4.90 Å². The Bertz CT molecular complexity index is 591. The second-order valence-corrected chi connectivity index (χ2v) is 15.5. The lowest BCUT2D eigenvalue weighted by atomic mass is 10.2. The topological polar surface area (TPSA) is 82.1 Å². The highest BCUT2D eigenvalue weighted by molar-refractivity contribution is 7.86. The van der Waals surface area contributed by atoms with E-state index in [1.807, 2.05) is 0 Å². The Morgan fingerprint density at radius 1 is 1.04 bits per heavy atom. The molecule has 148 valence electrons. The lowest BCUT2D eigenvalue weighted by Gasteiger charge is -2.39. The van der Waals surface area contributed by atoms with Crippen LogP contribution in [-0.4, -0.2) is 64.9 Å². The Kier molecular flexibility index (Phi) is 6.42. The third-order valence-electron chi connectivity index (χ3n) is 4.42. The Labute approximate surface area is 153 Å². The van der Waals surface area contributed by atoms with E-state index in [2.05, 4.69) is 33.9 Å². The zero-order valence-corrected chi connectivity index (χ0v) is 18.7. The van der Waals surface area contributed by atoms with Crippen LogP contribution in [0.5, 0.6) is 0 Å². The molecule has 2 atom stereocenters. The summed E-state index contributed by atoms with van der Waals surface area (Å²) in [6.45, 7) is 16.2. The average molecular weight is 396 g/mol. The van der Waals surface area contributed by atoms with E-state index in [0.717, 1.165) is 6.26 Å². The predicted octanol–water partition coefficient (Wildman–Crippen LogP) is 2.97. The average Bonchev–Trinajstić information content (AvgIpc) is 2.65. The van der Waals surface area contributed by atoms with Gasteiger partial charge in [0, 0.05) is 0 Å². The third kappa shape index (κ3) is 6.88. The van der Waals surface area contributed by atoms with Crippen LogP contribution >= 0.6 is 0 Å². The summed E-state index contributed by atoms with van der Waals surface area (Å²) in [5.41, 5.74) is -0.622. The molecule has 1 fully saturated rings. The SMILES string of the molecule is CC(C)(C)OC(=O)N1C[C@H](O[Si](C)(C)C(C)(C)C)[C@@H](OS(C)(=O)=O)C1. The highest BCUT2D eigenvalue weighted by atomic mass is 32.2. The maximum atomic E-state index is 12.3. The van der Waals surface area contributed by atoms with Crippen LogP contribution in [0, 0.1) is 0 Å². The first kappa shape index (κ1) is 22.4. The van der Waals surface area contributed by atoms with Crippen molar-refractivity contribution in [3.63, 3.8) is 0 Å². The molecule has 0 aromatic carbocycles. The lowest BCUT2D eigenvalue weighted by molar-refractivity contribution is 0.0270. The van der Waals surface area contributed by atoms with Gasteiger partial charge in [-0.3, -0.25) is 4.18 Å². The van der Waals surface area contributed by atoms with Crippen LogP contribution in [0.2, 0.25) is 18.1 Å². The molecule has 0 aromatic heterocycles. The molecule has 7 nitrogen and oxygen atoms in total. The van der Waals surface area contributed by atoms with Crippen molar-refractivity contribution in [3.8, 4) is 0 Å². The highest BCUT2D eigenvalue weighted by Gasteiger charge is 2.46. The zero-order chi connectivity index (χ0) is 19.8. The Hall–Kier alpha value is -0.643. The van der Waals surface area contributed by atoms with E-state index in [-0.39, 0.29) is 18.1 Å². The molecule has 0 bridgehead atoms. The van der Waals surface area contributed by atoms with Crippen LogP contribution in [0.15, 0.2) is 0 Å². The third-order valence-corrected chi connectivity index (χ3v) is 9.52. The Morgan fingerprint density at radius 3 is 1.92 bits per heavy atom. The minimum absolute atomic E-state index is 0.0397. The van der Waals surface area contributed by atoms with Crippen LogP contribution in [0.4, 0.5) is 4.79 Å². The van der Waals surface area contributed by atoms with Crippen molar-refractivity contribution in [3.05, 3.63) is 0 Å². The fraction of sp³-hybridized carbons (Fsp3) is 0.938. The molecule has 0 aliphatic carbocycles. The van der Waals surface area contributed by atoms with Crippen LogP contribution in [0.1, 0.15) is 41.5 Å². The Balaban J connectivity index is 2.97. The zero-order valence-electron chi connectivity index (χ0n) is 16.9. The first-order valence-electron chi connectivity index (χ1n) is 8.45. The van der Waals surface area contributed by atoms with E-state index in [1.54, 1.807) is 20.8 Å². The number of carbonyl (C=O) groups is 1. The molecule has 0 N–H and O–H groups in total. The maximum absolute atomic E-state index is 12.3. The van der Waals surface area contributed by atoms with Crippen molar-refractivity contribution in [2.75, 3.05) is 19.3 Å². The van der Waals surface area contributed by atoms with Gasteiger partial charge in [-0.1, -0.05) is 20.8 Å². The second-order valence-electron chi connectivity index (χ2n) is 9.14. The van der Waals surface area contributed by atoms with Crippen molar-refractivity contribution in [2.24, 2.45) is 0 Å². The molecule has 1 rings (SSSR count). The highest BCUT2D eigenvalue weighted by Crippen LogP contribution is 2.38. The lowest BCUT2D eigenvalue weighted by Crippen LogP contribution is -2.47. The van der Waals surface area contributed by atoms with Crippen LogP contribution in [-0.2, 0) is 23.5 Å². The molecule has 1 amide bonds. The van der Waals surface area contributed by atoms with E-state index in [0.29, 0.717) is 0 Å². The van der Waals surface area contributed by atoms with Gasteiger partial charge in [-0.2, -0.15) is 8.42 Å². The summed E-state index contributed by atoms with van der Waals surface area (Å²) in [7, 11) is -5.81. The van der Waals surface area contributed by atoms with Crippen molar-refractivity contribution < 1.29 is 26.6 Å². The van der Waals surface area contributed by atoms with Gasteiger partial charge in [0.05, 0.1) is 25.4 Å². The van der Waals surface area contributed by atoms with Crippen LogP contribution < -0.4 is 0 Å². The number of rotatable bonds is 4. The number of hydrogen-bond acceptors (Lipinski definition) is 6. The molecule has 1 saturated heterocycles. The summed E-state index contributed by atoms with van der Waals surface area (Å²) >= 11 is 0. The van der Waals surface area contributed by atoms with Gasteiger partial charge in [0.25, 0.3) is 10.1 Å². The minimum atomic E-state index is -3.66. The van der Waals surface area contributed by atoms with E-state index < -0.39 is 42.3 Å². The molecule has 0 unspecified atom stereocenters. The van der Waals surface area contributed by atoms with Crippen molar-refractivity contribution in [1.82, 2.24) is 4.90 Å². The monoisotopic (exact) mass is 395 g/mol. The standard InChI is InChI=1S/C16H33NO6SSi/c1-15(2,3)21-14(18)17-10-12(22-24(7,19)20)13(11-17)23-25(8,9)16(4,5)6/h12-13H,10-11H2,1-9H3/t12-,13-/m0/s1. The molecular weight excluding hydrogens is 362 g/mol. The number of nitrogens with zero attached hydrogens (tertiary/aromatic N) is 1. The van der Waals surface area contributed by atoms with Gasteiger partial charge in [-0.15, -0.1) is 0 Å². The molecule has 0 aromatic rings. The summed E-state index contributed by atoms with van der Waals surface area (Å²) in [6, 6.07) is 0. The molecular formula is C16H33NO6SSi. The fourth-order valence-electron chi connectivity index (χ4n) is 2.20. The smallest absolute Gasteiger partial charge is 0.410 e. The fourth-order valence-corrected chi connectivity index (χ4v) is 4.18. The van der Waals surface area contributed by atoms with Gasteiger partial charge < -0.3 is 14.1 Å². The maximum Gasteiger partial charge on any atom is 0.410 e. The van der Waals surface area contributed by atoms with Crippen LogP contribution in [0.25, 0.3) is 0 Å². The summed E-state index contributed by atoms with van der Waals surface area (Å²) in [6.07, 6.45) is -0.706. The van der Waals surface area contributed by atoms with Gasteiger partial charge in [-0.05, 0) is 38.9 Å². The summed E-state index contributed by atoms with van der Waals surface area (Å²) in [4.78, 5) is 13.8. The van der Waals surface area contributed by atoms with E-state index in [4.69, 9.17) is 13.3 Å². The molecule has 0 spiro atoms. The summed E-state index contributed by atoms with van der Waals surface area (Å²) < 4.78 is 40.1. The summed E-state index contributed by atoms with van der Waals surface area (Å²) in [5.74, 6) is 0. The normalized spacial score (nSPS) is 23.0. The van der Waals surface area contributed by atoms with Crippen molar-refractivity contribution >= 4 is 24.5 Å². The number of ether oxygens (including phenoxy) is 1. The predicted molar refractivity (Wildman–Crippen MR) is 99.6 cm³/mol. The minimum Gasteiger partial charge on any atom is -0.444 e. The molecule has 25 heavy (non-hydrogen) atoms.